The first-order chi connectivity index (χ1) is 13.0. The van der Waals surface area contributed by atoms with Gasteiger partial charge < -0.3 is 15.4 Å². The van der Waals surface area contributed by atoms with Crippen molar-refractivity contribution in [3.8, 4) is 5.75 Å². The minimum atomic E-state index is -0.0405. The second-order valence-corrected chi connectivity index (χ2v) is 7.70. The fourth-order valence-electron chi connectivity index (χ4n) is 3.51. The fourth-order valence-corrected chi connectivity index (χ4v) is 3.51. The molecule has 1 aromatic carbocycles. The zero-order valence-corrected chi connectivity index (χ0v) is 16.9. The molecule has 1 fully saturated rings. The van der Waals surface area contributed by atoms with Gasteiger partial charge in [0.1, 0.15) is 5.75 Å². The van der Waals surface area contributed by atoms with Gasteiger partial charge in [0.15, 0.2) is 0 Å². The average molecular weight is 375 g/mol. The van der Waals surface area contributed by atoms with E-state index in [1.807, 2.05) is 38.1 Å². The predicted octanol–water partition coefficient (Wildman–Crippen LogP) is 4.53. The molecule has 1 aliphatic rings. The molecule has 27 heavy (non-hydrogen) atoms. The Bertz CT molecular complexity index is 607. The number of para-hydroxylation sites is 2. The van der Waals surface area contributed by atoms with Crippen molar-refractivity contribution in [2.75, 3.05) is 11.9 Å². The summed E-state index contributed by atoms with van der Waals surface area (Å²) >= 11 is 0. The van der Waals surface area contributed by atoms with E-state index < -0.39 is 0 Å². The van der Waals surface area contributed by atoms with E-state index in [0.29, 0.717) is 11.4 Å². The predicted molar refractivity (Wildman–Crippen MR) is 109 cm³/mol. The highest BCUT2D eigenvalue weighted by atomic mass is 16.5. The van der Waals surface area contributed by atoms with Crippen LogP contribution in [0.1, 0.15) is 65.7 Å². The van der Waals surface area contributed by atoms with Gasteiger partial charge in [-0.3, -0.25) is 9.59 Å². The highest BCUT2D eigenvalue weighted by Gasteiger charge is 2.30. The molecular formula is C22H34N2O3. The molecule has 0 unspecified atom stereocenters. The quantitative estimate of drug-likeness (QED) is 0.624. The number of rotatable bonds is 9. The summed E-state index contributed by atoms with van der Waals surface area (Å²) in [5.41, 5.74) is 0.715. The van der Waals surface area contributed by atoms with E-state index >= 15 is 0 Å². The summed E-state index contributed by atoms with van der Waals surface area (Å²) in [6.45, 7) is 6.85. The van der Waals surface area contributed by atoms with Gasteiger partial charge in [-0.1, -0.05) is 31.9 Å². The summed E-state index contributed by atoms with van der Waals surface area (Å²) < 4.78 is 5.77. The van der Waals surface area contributed by atoms with Crippen molar-refractivity contribution in [1.82, 2.24) is 5.32 Å². The number of unbranched alkanes of at least 4 members (excludes halogenated alkanes) is 2. The lowest BCUT2D eigenvalue weighted by Crippen LogP contribution is -2.36. The third-order valence-corrected chi connectivity index (χ3v) is 5.06. The van der Waals surface area contributed by atoms with Crippen LogP contribution in [0.25, 0.3) is 0 Å². The first kappa shape index (κ1) is 21.3. The summed E-state index contributed by atoms with van der Waals surface area (Å²) in [4.78, 5) is 24.9. The Hall–Kier alpha value is -2.04. The Morgan fingerprint density at radius 3 is 2.30 bits per heavy atom. The molecule has 0 spiro atoms. The number of anilines is 1. The normalized spacial score (nSPS) is 19.6. The number of hydrogen-bond donors (Lipinski definition) is 2. The Balaban J connectivity index is 1.81. The van der Waals surface area contributed by atoms with Crippen molar-refractivity contribution >= 4 is 17.5 Å². The summed E-state index contributed by atoms with van der Waals surface area (Å²) in [7, 11) is 0. The van der Waals surface area contributed by atoms with Crippen molar-refractivity contribution in [2.24, 2.45) is 11.8 Å². The van der Waals surface area contributed by atoms with E-state index in [2.05, 4.69) is 17.6 Å². The van der Waals surface area contributed by atoms with E-state index in [-0.39, 0.29) is 29.8 Å². The number of amides is 2. The van der Waals surface area contributed by atoms with Gasteiger partial charge in [0, 0.05) is 18.4 Å². The Labute approximate surface area is 163 Å². The molecule has 150 valence electrons. The lowest BCUT2D eigenvalue weighted by Gasteiger charge is -2.27. The molecule has 1 aliphatic carbocycles. The summed E-state index contributed by atoms with van der Waals surface area (Å²) in [5.74, 6) is 0.881. The van der Waals surface area contributed by atoms with Crippen LogP contribution in [0.4, 0.5) is 5.69 Å². The molecular weight excluding hydrogens is 340 g/mol. The zero-order valence-electron chi connectivity index (χ0n) is 16.9. The molecule has 0 heterocycles. The lowest BCUT2D eigenvalue weighted by atomic mass is 9.81. The van der Waals surface area contributed by atoms with Gasteiger partial charge in [0.25, 0.3) is 0 Å². The van der Waals surface area contributed by atoms with Crippen LogP contribution in [0.2, 0.25) is 0 Å². The van der Waals surface area contributed by atoms with Crippen LogP contribution in [0.3, 0.4) is 0 Å². The third kappa shape index (κ3) is 6.89. The molecule has 0 aromatic heterocycles. The van der Waals surface area contributed by atoms with Crippen LogP contribution in [0, 0.1) is 11.8 Å². The standard InChI is InChI=1S/C22H34N2O3/c1-4-5-8-15-23-21(25)17-11-13-18(14-12-17)22(26)24-19-9-6-7-10-20(19)27-16(2)3/h6-7,9-10,16-18H,4-5,8,11-15H2,1-3H3,(H,23,25)(H,24,26). The number of nitrogens with one attached hydrogen (secondary N) is 2. The Morgan fingerprint density at radius 2 is 1.67 bits per heavy atom. The van der Waals surface area contributed by atoms with Crippen LogP contribution in [0.15, 0.2) is 24.3 Å². The number of carbonyl (C=O) groups excluding carboxylic acids is 2. The van der Waals surface area contributed by atoms with Crippen molar-refractivity contribution in [3.63, 3.8) is 0 Å². The van der Waals surface area contributed by atoms with E-state index in [4.69, 9.17) is 4.74 Å². The zero-order chi connectivity index (χ0) is 19.6. The van der Waals surface area contributed by atoms with Crippen molar-refractivity contribution < 1.29 is 14.3 Å². The van der Waals surface area contributed by atoms with Crippen LogP contribution in [-0.2, 0) is 9.59 Å². The van der Waals surface area contributed by atoms with Crippen LogP contribution < -0.4 is 15.4 Å². The Kier molecular flexibility index (Phi) is 8.62. The third-order valence-electron chi connectivity index (χ3n) is 5.06. The van der Waals surface area contributed by atoms with E-state index in [1.54, 1.807) is 0 Å². The Morgan fingerprint density at radius 1 is 1.04 bits per heavy atom. The number of ether oxygens (including phenoxy) is 1. The maximum absolute atomic E-state index is 12.7. The lowest BCUT2D eigenvalue weighted by molar-refractivity contribution is -0.128. The minimum absolute atomic E-state index is 0.0246. The molecule has 1 saturated carbocycles. The smallest absolute Gasteiger partial charge is 0.227 e. The molecule has 0 radical (unpaired) electrons. The highest BCUT2D eigenvalue weighted by Crippen LogP contribution is 2.31. The number of benzene rings is 1. The molecule has 1 aromatic rings. The van der Waals surface area contributed by atoms with Crippen LogP contribution in [-0.4, -0.2) is 24.5 Å². The van der Waals surface area contributed by atoms with Gasteiger partial charge in [-0.15, -0.1) is 0 Å². The van der Waals surface area contributed by atoms with E-state index in [0.717, 1.165) is 51.5 Å². The van der Waals surface area contributed by atoms with Gasteiger partial charge >= 0.3 is 0 Å². The second-order valence-electron chi connectivity index (χ2n) is 7.70. The van der Waals surface area contributed by atoms with Crippen molar-refractivity contribution in [3.05, 3.63) is 24.3 Å². The molecule has 5 heteroatoms. The molecule has 2 rings (SSSR count). The first-order valence-corrected chi connectivity index (χ1v) is 10.4. The summed E-state index contributed by atoms with van der Waals surface area (Å²) in [5, 5.41) is 6.05. The average Bonchev–Trinajstić information content (AvgIpc) is 2.66. The molecule has 0 bridgehead atoms. The molecule has 0 atom stereocenters. The summed E-state index contributed by atoms with van der Waals surface area (Å²) in [6, 6.07) is 7.53. The molecule has 0 aliphatic heterocycles. The molecule has 2 N–H and O–H groups in total. The highest BCUT2D eigenvalue weighted by molar-refractivity contribution is 5.94. The maximum atomic E-state index is 12.7. The van der Waals surface area contributed by atoms with E-state index in [9.17, 15) is 9.59 Å². The molecule has 5 nitrogen and oxygen atoms in total. The van der Waals surface area contributed by atoms with Gasteiger partial charge in [-0.25, -0.2) is 0 Å². The largest absolute Gasteiger partial charge is 0.489 e. The summed E-state index contributed by atoms with van der Waals surface area (Å²) in [6.07, 6.45) is 6.46. The maximum Gasteiger partial charge on any atom is 0.227 e. The first-order valence-electron chi connectivity index (χ1n) is 10.4. The fraction of sp³-hybridized carbons (Fsp3) is 0.636. The number of hydrogen-bond acceptors (Lipinski definition) is 3. The SMILES string of the molecule is CCCCCNC(=O)C1CCC(C(=O)Nc2ccccc2OC(C)C)CC1. The minimum Gasteiger partial charge on any atom is -0.489 e. The van der Waals surface area contributed by atoms with Gasteiger partial charge in [-0.05, 0) is 58.1 Å². The van der Waals surface area contributed by atoms with Crippen LogP contribution in [0.5, 0.6) is 5.75 Å². The van der Waals surface area contributed by atoms with Crippen molar-refractivity contribution in [1.29, 1.82) is 0 Å². The van der Waals surface area contributed by atoms with Gasteiger partial charge in [0.05, 0.1) is 11.8 Å². The van der Waals surface area contributed by atoms with Gasteiger partial charge in [0.2, 0.25) is 11.8 Å². The monoisotopic (exact) mass is 374 g/mol. The van der Waals surface area contributed by atoms with Crippen molar-refractivity contribution in [2.45, 2.75) is 71.8 Å². The van der Waals surface area contributed by atoms with Gasteiger partial charge in [-0.2, -0.15) is 0 Å². The second kappa shape index (κ2) is 11.0. The van der Waals surface area contributed by atoms with Crippen LogP contribution >= 0.6 is 0 Å². The topological polar surface area (TPSA) is 67.4 Å². The van der Waals surface area contributed by atoms with E-state index in [1.165, 1.54) is 0 Å². The number of carbonyl (C=O) groups is 2. The molecule has 0 saturated heterocycles. The molecule has 2 amide bonds.